The Balaban J connectivity index is 0.00000243. The van der Waals surface area contributed by atoms with Crippen molar-refractivity contribution in [3.8, 4) is 0 Å². The molecule has 142 valence electrons. The second kappa shape index (κ2) is 10.5. The maximum Gasteiger partial charge on any atom is 0.223 e. The second-order valence-electron chi connectivity index (χ2n) is 6.52. The monoisotopic (exact) mass is 469 g/mol. The van der Waals surface area contributed by atoms with Crippen LogP contribution in [0.5, 0.6) is 0 Å². The lowest BCUT2D eigenvalue weighted by Crippen LogP contribution is -2.45. The summed E-state index contributed by atoms with van der Waals surface area (Å²) in [4.78, 5) is 11.2. The van der Waals surface area contributed by atoms with Crippen LogP contribution in [0.3, 0.4) is 0 Å². The average molecular weight is 469 g/mol. The highest BCUT2D eigenvalue weighted by Gasteiger charge is 2.21. The summed E-state index contributed by atoms with van der Waals surface area (Å²) >= 11 is 0. The van der Waals surface area contributed by atoms with Crippen LogP contribution < -0.4 is 5.32 Å². The molecule has 1 aromatic heterocycles. The van der Waals surface area contributed by atoms with E-state index in [1.807, 2.05) is 0 Å². The lowest BCUT2D eigenvalue weighted by molar-refractivity contribution is 0.259. The molecule has 1 N–H and O–H groups in total. The van der Waals surface area contributed by atoms with Crippen LogP contribution in [0.15, 0.2) is 39.8 Å². The van der Waals surface area contributed by atoms with Crippen LogP contribution in [0.1, 0.15) is 37.0 Å². The van der Waals surface area contributed by atoms with E-state index in [1.165, 1.54) is 24.8 Å². The summed E-state index contributed by atoms with van der Waals surface area (Å²) in [5.41, 5.74) is 1.44. The summed E-state index contributed by atoms with van der Waals surface area (Å²) in [6.07, 6.45) is 3.56. The summed E-state index contributed by atoms with van der Waals surface area (Å²) in [6, 6.07) is 10.8. The SMILES string of the molecule is CCNC(=NCc1noc(C)n1)N1CCC(Cc2ccccc2)CC1.I. The van der Waals surface area contributed by atoms with E-state index in [9.17, 15) is 0 Å². The maximum absolute atomic E-state index is 5.01. The summed E-state index contributed by atoms with van der Waals surface area (Å²) in [7, 11) is 0. The van der Waals surface area contributed by atoms with Crippen LogP contribution in [0.4, 0.5) is 0 Å². The predicted octanol–water partition coefficient (Wildman–Crippen LogP) is 3.42. The second-order valence-corrected chi connectivity index (χ2v) is 6.52. The van der Waals surface area contributed by atoms with E-state index in [1.54, 1.807) is 6.92 Å². The molecule has 0 amide bonds. The smallest absolute Gasteiger partial charge is 0.223 e. The molecular formula is C19H28IN5O. The fraction of sp³-hybridized carbons (Fsp3) is 0.526. The largest absolute Gasteiger partial charge is 0.357 e. The van der Waals surface area contributed by atoms with Gasteiger partial charge in [0.2, 0.25) is 5.89 Å². The van der Waals surface area contributed by atoms with Crippen LogP contribution in [0, 0.1) is 12.8 Å². The number of benzene rings is 1. The standard InChI is InChI=1S/C19H27N5O.HI/c1-3-20-19(21-14-18-22-15(2)25-23-18)24-11-9-17(10-12-24)13-16-7-5-4-6-8-16;/h4-8,17H,3,9-14H2,1-2H3,(H,20,21);1H. The van der Waals surface area contributed by atoms with Crippen molar-refractivity contribution in [3.05, 3.63) is 47.6 Å². The van der Waals surface area contributed by atoms with Crippen molar-refractivity contribution in [2.45, 2.75) is 39.7 Å². The van der Waals surface area contributed by atoms with Gasteiger partial charge in [0, 0.05) is 26.6 Å². The normalized spacial score (nSPS) is 15.6. The molecule has 1 aliphatic rings. The molecule has 0 spiro atoms. The Morgan fingerprint density at radius 2 is 2.00 bits per heavy atom. The molecule has 1 aromatic carbocycles. The third kappa shape index (κ3) is 5.96. The fourth-order valence-electron chi connectivity index (χ4n) is 3.27. The number of halogens is 1. The van der Waals surface area contributed by atoms with Gasteiger partial charge in [-0.3, -0.25) is 0 Å². The zero-order valence-corrected chi connectivity index (χ0v) is 17.8. The van der Waals surface area contributed by atoms with E-state index in [2.05, 4.69) is 62.6 Å². The first-order chi connectivity index (χ1) is 12.2. The van der Waals surface area contributed by atoms with Gasteiger partial charge in [-0.25, -0.2) is 4.99 Å². The minimum Gasteiger partial charge on any atom is -0.357 e. The van der Waals surface area contributed by atoms with Crippen molar-refractivity contribution >= 4 is 29.9 Å². The summed E-state index contributed by atoms with van der Waals surface area (Å²) in [5.74, 6) is 2.91. The van der Waals surface area contributed by atoms with Gasteiger partial charge in [-0.05, 0) is 37.7 Å². The van der Waals surface area contributed by atoms with Crippen LogP contribution in [-0.2, 0) is 13.0 Å². The Kier molecular flexibility index (Phi) is 8.34. The van der Waals surface area contributed by atoms with E-state index >= 15 is 0 Å². The molecule has 6 nitrogen and oxygen atoms in total. The highest BCUT2D eigenvalue weighted by Crippen LogP contribution is 2.21. The molecule has 1 aliphatic heterocycles. The first kappa shape index (κ1) is 20.7. The number of nitrogens with zero attached hydrogens (tertiary/aromatic N) is 4. The Bertz CT molecular complexity index is 680. The topological polar surface area (TPSA) is 66.5 Å². The number of rotatable bonds is 5. The number of aryl methyl sites for hydroxylation is 1. The number of hydrogen-bond donors (Lipinski definition) is 1. The molecule has 0 saturated carbocycles. The molecule has 2 aromatic rings. The van der Waals surface area contributed by atoms with E-state index in [0.717, 1.165) is 31.5 Å². The van der Waals surface area contributed by atoms with Gasteiger partial charge in [0.1, 0.15) is 6.54 Å². The predicted molar refractivity (Wildman–Crippen MR) is 114 cm³/mol. The van der Waals surface area contributed by atoms with Crippen molar-refractivity contribution in [1.29, 1.82) is 0 Å². The van der Waals surface area contributed by atoms with Gasteiger partial charge in [0.25, 0.3) is 0 Å². The third-order valence-electron chi connectivity index (χ3n) is 4.56. The van der Waals surface area contributed by atoms with E-state index < -0.39 is 0 Å². The fourth-order valence-corrected chi connectivity index (χ4v) is 3.27. The molecule has 0 unspecified atom stereocenters. The van der Waals surface area contributed by atoms with E-state index in [-0.39, 0.29) is 24.0 Å². The lowest BCUT2D eigenvalue weighted by atomic mass is 9.90. The van der Waals surface area contributed by atoms with Gasteiger partial charge in [0.05, 0.1) is 0 Å². The van der Waals surface area contributed by atoms with Crippen LogP contribution >= 0.6 is 24.0 Å². The van der Waals surface area contributed by atoms with Gasteiger partial charge >= 0.3 is 0 Å². The molecule has 0 bridgehead atoms. The van der Waals surface area contributed by atoms with Gasteiger partial charge in [-0.15, -0.1) is 24.0 Å². The zero-order valence-electron chi connectivity index (χ0n) is 15.5. The molecule has 3 rings (SSSR count). The molecule has 1 saturated heterocycles. The van der Waals surface area contributed by atoms with Gasteiger partial charge in [-0.1, -0.05) is 35.5 Å². The van der Waals surface area contributed by atoms with Gasteiger partial charge < -0.3 is 14.7 Å². The Morgan fingerprint density at radius 1 is 1.27 bits per heavy atom. The minimum absolute atomic E-state index is 0. The molecule has 7 heteroatoms. The number of aliphatic imine (C=N–C) groups is 1. The molecule has 0 atom stereocenters. The van der Waals surface area contributed by atoms with Crippen molar-refractivity contribution < 1.29 is 4.52 Å². The number of nitrogens with one attached hydrogen (secondary N) is 1. The Hall–Kier alpha value is -1.64. The summed E-state index contributed by atoms with van der Waals surface area (Å²) in [6.45, 7) is 7.26. The number of aromatic nitrogens is 2. The van der Waals surface area contributed by atoms with Crippen LogP contribution in [-0.4, -0.2) is 40.6 Å². The van der Waals surface area contributed by atoms with Crippen molar-refractivity contribution in [3.63, 3.8) is 0 Å². The molecule has 2 heterocycles. The number of guanidine groups is 1. The molecule has 26 heavy (non-hydrogen) atoms. The van der Waals surface area contributed by atoms with Crippen molar-refractivity contribution in [2.24, 2.45) is 10.9 Å². The van der Waals surface area contributed by atoms with Crippen LogP contribution in [0.25, 0.3) is 0 Å². The highest BCUT2D eigenvalue weighted by atomic mass is 127. The third-order valence-corrected chi connectivity index (χ3v) is 4.56. The van der Waals surface area contributed by atoms with E-state index in [0.29, 0.717) is 18.3 Å². The lowest BCUT2D eigenvalue weighted by Gasteiger charge is -2.34. The molecule has 1 fully saturated rings. The number of hydrogen-bond acceptors (Lipinski definition) is 4. The number of likely N-dealkylation sites (tertiary alicyclic amines) is 1. The summed E-state index contributed by atoms with van der Waals surface area (Å²) in [5, 5.41) is 7.30. The van der Waals surface area contributed by atoms with Gasteiger partial charge in [0.15, 0.2) is 11.8 Å². The van der Waals surface area contributed by atoms with Crippen molar-refractivity contribution in [2.75, 3.05) is 19.6 Å². The Morgan fingerprint density at radius 3 is 2.62 bits per heavy atom. The maximum atomic E-state index is 5.01. The highest BCUT2D eigenvalue weighted by molar-refractivity contribution is 14.0. The van der Waals surface area contributed by atoms with Gasteiger partial charge in [-0.2, -0.15) is 4.98 Å². The van der Waals surface area contributed by atoms with Crippen LogP contribution in [0.2, 0.25) is 0 Å². The summed E-state index contributed by atoms with van der Waals surface area (Å²) < 4.78 is 5.01. The minimum atomic E-state index is 0. The Labute approximate surface area is 172 Å². The molecule has 0 radical (unpaired) electrons. The number of piperidine rings is 1. The van der Waals surface area contributed by atoms with E-state index in [4.69, 9.17) is 4.52 Å². The first-order valence-corrected chi connectivity index (χ1v) is 9.11. The quantitative estimate of drug-likeness (QED) is 0.413. The molecular weight excluding hydrogens is 441 g/mol. The first-order valence-electron chi connectivity index (χ1n) is 9.11. The zero-order chi connectivity index (χ0) is 17.5. The van der Waals surface area contributed by atoms with Crippen molar-refractivity contribution in [1.82, 2.24) is 20.4 Å². The molecule has 0 aliphatic carbocycles. The average Bonchev–Trinajstić information content (AvgIpc) is 3.06.